The van der Waals surface area contributed by atoms with E-state index in [0.29, 0.717) is 31.5 Å². The van der Waals surface area contributed by atoms with E-state index in [1.807, 2.05) is 97.9 Å². The topological polar surface area (TPSA) is 69.7 Å². The van der Waals surface area contributed by atoms with Crippen molar-refractivity contribution >= 4 is 34.2 Å². The second-order valence-electron chi connectivity index (χ2n) is 10.1. The summed E-state index contributed by atoms with van der Waals surface area (Å²) in [4.78, 5) is 43.6. The highest BCUT2D eigenvalue weighted by molar-refractivity contribution is 6.25. The van der Waals surface area contributed by atoms with E-state index in [2.05, 4.69) is 5.32 Å². The lowest BCUT2D eigenvalue weighted by Crippen LogP contribution is -2.49. The lowest BCUT2D eigenvalue weighted by Gasteiger charge is -2.31. The zero-order valence-corrected chi connectivity index (χ0v) is 22.4. The molecule has 198 valence electrons. The van der Waals surface area contributed by atoms with Gasteiger partial charge in [0.05, 0.1) is 5.69 Å². The van der Waals surface area contributed by atoms with Crippen molar-refractivity contribution in [2.45, 2.75) is 38.8 Å². The summed E-state index contributed by atoms with van der Waals surface area (Å²) in [5.74, 6) is -0.335. The fraction of sp³-hybridized carbons (Fsp3) is 0.242. The first-order valence-corrected chi connectivity index (χ1v) is 13.4. The average Bonchev–Trinajstić information content (AvgIpc) is 3.23. The number of nitrogens with one attached hydrogen (secondary N) is 1. The van der Waals surface area contributed by atoms with Crippen LogP contribution in [0.15, 0.2) is 91.0 Å². The number of hydrogen-bond donors (Lipinski definition) is 1. The highest BCUT2D eigenvalue weighted by Crippen LogP contribution is 2.37. The quantitative estimate of drug-likeness (QED) is 0.310. The standard InChI is InChI=1S/C33H33N3O3/c1-23-10-6-13-25(20-23)22-36(29(32(38)34-2)21-24-11-4-3-5-12-24)30(37)18-9-19-35-28-17-8-15-26-14-7-16-27(31(26)28)33(35)39/h3-8,10-17,20,29H,9,18-19,21-22H2,1-2H3,(H,34,38)/t29-/m1/s1. The van der Waals surface area contributed by atoms with Crippen LogP contribution in [0.25, 0.3) is 10.8 Å². The largest absolute Gasteiger partial charge is 0.357 e. The van der Waals surface area contributed by atoms with Crippen LogP contribution in [0.3, 0.4) is 0 Å². The molecule has 0 bridgehead atoms. The fourth-order valence-corrected chi connectivity index (χ4v) is 5.46. The van der Waals surface area contributed by atoms with Crippen molar-refractivity contribution in [3.05, 3.63) is 113 Å². The lowest BCUT2D eigenvalue weighted by molar-refractivity contribution is -0.141. The Bertz CT molecular complexity index is 1510. The SMILES string of the molecule is CNC(=O)[C@@H](Cc1ccccc1)N(Cc1cccc(C)c1)C(=O)CCCN1C(=O)c2cccc3cccc1c23. The first-order chi connectivity index (χ1) is 19.0. The third-order valence-electron chi connectivity index (χ3n) is 7.37. The monoisotopic (exact) mass is 519 g/mol. The van der Waals surface area contributed by atoms with Gasteiger partial charge in [-0.05, 0) is 42.0 Å². The van der Waals surface area contributed by atoms with Crippen molar-refractivity contribution in [2.24, 2.45) is 0 Å². The van der Waals surface area contributed by atoms with Crippen molar-refractivity contribution in [1.29, 1.82) is 0 Å². The predicted octanol–water partition coefficient (Wildman–Crippen LogP) is 5.27. The highest BCUT2D eigenvalue weighted by atomic mass is 16.2. The molecule has 0 aliphatic carbocycles. The Morgan fingerprint density at radius 1 is 0.897 bits per heavy atom. The van der Waals surface area contributed by atoms with Crippen LogP contribution in [0.1, 0.15) is 39.9 Å². The van der Waals surface area contributed by atoms with E-state index in [9.17, 15) is 14.4 Å². The Labute approximate surface area is 229 Å². The van der Waals surface area contributed by atoms with Gasteiger partial charge in [0.1, 0.15) is 6.04 Å². The smallest absolute Gasteiger partial charge is 0.258 e. The number of amides is 3. The number of hydrogen-bond acceptors (Lipinski definition) is 3. The van der Waals surface area contributed by atoms with Gasteiger partial charge in [-0.25, -0.2) is 0 Å². The molecule has 0 aromatic heterocycles. The second-order valence-corrected chi connectivity index (χ2v) is 10.1. The van der Waals surface area contributed by atoms with E-state index < -0.39 is 6.04 Å². The summed E-state index contributed by atoms with van der Waals surface area (Å²) in [5, 5.41) is 4.77. The van der Waals surface area contributed by atoms with Gasteiger partial charge in [-0.15, -0.1) is 0 Å². The van der Waals surface area contributed by atoms with E-state index in [0.717, 1.165) is 33.2 Å². The van der Waals surface area contributed by atoms with Crippen molar-refractivity contribution in [3.8, 4) is 0 Å². The molecule has 39 heavy (non-hydrogen) atoms. The maximum Gasteiger partial charge on any atom is 0.258 e. The summed E-state index contributed by atoms with van der Waals surface area (Å²) in [7, 11) is 1.60. The number of likely N-dealkylation sites (N-methyl/N-ethyl adjacent to an activating group) is 1. The number of carbonyl (C=O) groups is 3. The van der Waals surface area contributed by atoms with Crippen LogP contribution in [-0.2, 0) is 22.6 Å². The Morgan fingerprint density at radius 3 is 2.36 bits per heavy atom. The summed E-state index contributed by atoms with van der Waals surface area (Å²) in [6, 6.07) is 28.8. The van der Waals surface area contributed by atoms with Crippen molar-refractivity contribution < 1.29 is 14.4 Å². The van der Waals surface area contributed by atoms with Gasteiger partial charge in [0, 0.05) is 43.9 Å². The van der Waals surface area contributed by atoms with Crippen molar-refractivity contribution in [2.75, 3.05) is 18.5 Å². The number of benzene rings is 4. The third kappa shape index (κ3) is 5.55. The molecule has 6 nitrogen and oxygen atoms in total. The van der Waals surface area contributed by atoms with Gasteiger partial charge in [-0.1, -0.05) is 84.4 Å². The van der Waals surface area contributed by atoms with E-state index in [-0.39, 0.29) is 24.1 Å². The van der Waals surface area contributed by atoms with Gasteiger partial charge >= 0.3 is 0 Å². The number of nitrogens with zero attached hydrogens (tertiary/aromatic N) is 2. The second kappa shape index (κ2) is 11.5. The summed E-state index contributed by atoms with van der Waals surface area (Å²) >= 11 is 0. The molecule has 6 heteroatoms. The van der Waals surface area contributed by atoms with Crippen LogP contribution < -0.4 is 10.2 Å². The first kappa shape index (κ1) is 26.2. The van der Waals surface area contributed by atoms with Crippen molar-refractivity contribution in [1.82, 2.24) is 10.2 Å². The number of anilines is 1. The summed E-state index contributed by atoms with van der Waals surface area (Å²) in [5.41, 5.74) is 4.66. The van der Waals surface area contributed by atoms with E-state index >= 15 is 0 Å². The molecule has 0 saturated carbocycles. The molecule has 1 N–H and O–H groups in total. The molecule has 1 aliphatic rings. The molecule has 1 atom stereocenters. The zero-order valence-electron chi connectivity index (χ0n) is 22.4. The predicted molar refractivity (Wildman–Crippen MR) is 155 cm³/mol. The molecular weight excluding hydrogens is 486 g/mol. The maximum absolute atomic E-state index is 13.8. The molecule has 1 heterocycles. The summed E-state index contributed by atoms with van der Waals surface area (Å²) in [6.07, 6.45) is 1.13. The molecule has 4 aromatic rings. The van der Waals surface area contributed by atoms with Gasteiger partial charge in [-0.3, -0.25) is 14.4 Å². The average molecular weight is 520 g/mol. The van der Waals surface area contributed by atoms with Crippen LogP contribution in [-0.4, -0.2) is 42.3 Å². The van der Waals surface area contributed by atoms with Gasteiger partial charge in [0.2, 0.25) is 11.8 Å². The number of carbonyl (C=O) groups excluding carboxylic acids is 3. The molecule has 0 fully saturated rings. The minimum Gasteiger partial charge on any atom is -0.357 e. The van der Waals surface area contributed by atoms with Gasteiger partial charge in [-0.2, -0.15) is 0 Å². The van der Waals surface area contributed by atoms with Crippen LogP contribution in [0.4, 0.5) is 5.69 Å². The van der Waals surface area contributed by atoms with E-state index in [1.165, 1.54) is 0 Å². The Morgan fingerprint density at radius 2 is 1.62 bits per heavy atom. The van der Waals surface area contributed by atoms with Gasteiger partial charge in [0.15, 0.2) is 0 Å². The Balaban J connectivity index is 1.35. The summed E-state index contributed by atoms with van der Waals surface area (Å²) in [6.45, 7) is 2.78. The Hall–Kier alpha value is -4.45. The molecule has 0 unspecified atom stereocenters. The minimum atomic E-state index is -0.656. The number of rotatable bonds is 10. The molecule has 5 rings (SSSR count). The summed E-state index contributed by atoms with van der Waals surface area (Å²) < 4.78 is 0. The highest BCUT2D eigenvalue weighted by Gasteiger charge is 2.31. The normalized spacial score (nSPS) is 13.0. The molecule has 0 spiro atoms. The van der Waals surface area contributed by atoms with Crippen molar-refractivity contribution in [3.63, 3.8) is 0 Å². The Kier molecular flexibility index (Phi) is 7.73. The van der Waals surface area contributed by atoms with Crippen LogP contribution in [0, 0.1) is 6.92 Å². The molecule has 0 radical (unpaired) electrons. The third-order valence-corrected chi connectivity index (χ3v) is 7.37. The minimum absolute atomic E-state index is 0.0295. The van der Waals surface area contributed by atoms with Crippen LogP contribution in [0.5, 0.6) is 0 Å². The van der Waals surface area contributed by atoms with Crippen LogP contribution in [0.2, 0.25) is 0 Å². The molecular formula is C33H33N3O3. The fourth-order valence-electron chi connectivity index (χ4n) is 5.46. The van der Waals surface area contributed by atoms with E-state index in [1.54, 1.807) is 16.8 Å². The molecule has 1 aliphatic heterocycles. The zero-order chi connectivity index (χ0) is 27.4. The first-order valence-electron chi connectivity index (χ1n) is 13.4. The molecule has 3 amide bonds. The number of aryl methyl sites for hydroxylation is 1. The van der Waals surface area contributed by atoms with Gasteiger partial charge < -0.3 is 15.1 Å². The van der Waals surface area contributed by atoms with Crippen LogP contribution >= 0.6 is 0 Å². The molecule has 4 aromatic carbocycles. The maximum atomic E-state index is 13.8. The molecule has 0 saturated heterocycles. The lowest BCUT2D eigenvalue weighted by atomic mass is 10.0. The van der Waals surface area contributed by atoms with E-state index in [4.69, 9.17) is 0 Å². The van der Waals surface area contributed by atoms with Gasteiger partial charge in [0.25, 0.3) is 5.91 Å².